The van der Waals surface area contributed by atoms with Crippen molar-refractivity contribution in [3.8, 4) is 0 Å². The highest BCUT2D eigenvalue weighted by molar-refractivity contribution is 5.77. The Hall–Kier alpha value is -2.18. The van der Waals surface area contributed by atoms with E-state index in [4.69, 9.17) is 0 Å². The first-order valence-electron chi connectivity index (χ1n) is 4.56. The topological polar surface area (TPSA) is 84.3 Å². The van der Waals surface area contributed by atoms with Gasteiger partial charge in [-0.1, -0.05) is 0 Å². The number of carbonyl (C=O) groups excluding carboxylic acids is 1. The number of nitro benzene ring substituents is 1. The monoisotopic (exact) mass is 225 g/mol. The molecule has 2 amide bonds. The Labute approximate surface area is 89.6 Å². The van der Waals surface area contributed by atoms with E-state index < -0.39 is 22.8 Å². The van der Waals surface area contributed by atoms with Gasteiger partial charge >= 0.3 is 6.03 Å². The van der Waals surface area contributed by atoms with Crippen molar-refractivity contribution < 1.29 is 14.1 Å². The third kappa shape index (κ3) is 1.79. The summed E-state index contributed by atoms with van der Waals surface area (Å²) in [6.07, 6.45) is 0. The normalized spacial score (nSPS) is 19.1. The molecule has 0 saturated carbocycles. The van der Waals surface area contributed by atoms with Gasteiger partial charge in [-0.3, -0.25) is 10.1 Å². The molecule has 0 aromatic heterocycles. The standard InChI is InChI=1S/C9H8FN3O3/c10-7-2-1-5(13(15)16)3-6(7)8-4-11-9(14)12-8/h1-3,8H,4H2,(H2,11,12,14)/t8-/m1/s1. The number of hydrogen-bond acceptors (Lipinski definition) is 3. The number of nitrogens with one attached hydrogen (secondary N) is 2. The lowest BCUT2D eigenvalue weighted by molar-refractivity contribution is -0.385. The van der Waals surface area contributed by atoms with Crippen molar-refractivity contribution >= 4 is 11.7 Å². The molecule has 1 saturated heterocycles. The van der Waals surface area contributed by atoms with Crippen LogP contribution in [0.4, 0.5) is 14.9 Å². The number of nitrogens with zero attached hydrogens (tertiary/aromatic N) is 1. The molecule has 1 aromatic carbocycles. The molecule has 1 aromatic rings. The van der Waals surface area contributed by atoms with Gasteiger partial charge in [-0.05, 0) is 6.07 Å². The van der Waals surface area contributed by atoms with Crippen LogP contribution in [0.5, 0.6) is 0 Å². The summed E-state index contributed by atoms with van der Waals surface area (Å²) in [5, 5.41) is 15.4. The molecule has 0 bridgehead atoms. The van der Waals surface area contributed by atoms with E-state index >= 15 is 0 Å². The molecule has 1 fully saturated rings. The molecule has 2 N–H and O–H groups in total. The number of benzene rings is 1. The second-order valence-electron chi connectivity index (χ2n) is 3.37. The number of hydrogen-bond donors (Lipinski definition) is 2. The predicted octanol–water partition coefficient (Wildman–Crippen LogP) is 1.09. The fourth-order valence-corrected chi connectivity index (χ4v) is 1.55. The number of halogens is 1. The van der Waals surface area contributed by atoms with E-state index in [1.165, 1.54) is 0 Å². The van der Waals surface area contributed by atoms with Gasteiger partial charge in [0.2, 0.25) is 0 Å². The lowest BCUT2D eigenvalue weighted by Crippen LogP contribution is -2.22. The first-order chi connectivity index (χ1) is 7.58. The minimum Gasteiger partial charge on any atom is -0.336 e. The Bertz CT molecular complexity index is 463. The average molecular weight is 225 g/mol. The Morgan fingerprint density at radius 3 is 2.81 bits per heavy atom. The molecular formula is C9H8FN3O3. The summed E-state index contributed by atoms with van der Waals surface area (Å²) in [6, 6.07) is 2.28. The van der Waals surface area contributed by atoms with Crippen LogP contribution in [-0.4, -0.2) is 17.5 Å². The van der Waals surface area contributed by atoms with Gasteiger partial charge in [-0.2, -0.15) is 0 Å². The molecule has 16 heavy (non-hydrogen) atoms. The first kappa shape index (κ1) is 10.3. The predicted molar refractivity (Wildman–Crippen MR) is 52.3 cm³/mol. The summed E-state index contributed by atoms with van der Waals surface area (Å²) < 4.78 is 13.4. The molecule has 0 unspecified atom stereocenters. The van der Waals surface area contributed by atoms with Gasteiger partial charge in [0.05, 0.1) is 11.0 Å². The highest BCUT2D eigenvalue weighted by Gasteiger charge is 2.25. The van der Waals surface area contributed by atoms with Gasteiger partial charge in [-0.25, -0.2) is 9.18 Å². The molecule has 0 spiro atoms. The van der Waals surface area contributed by atoms with Crippen molar-refractivity contribution in [1.29, 1.82) is 0 Å². The van der Waals surface area contributed by atoms with Crippen molar-refractivity contribution in [2.75, 3.05) is 6.54 Å². The quantitative estimate of drug-likeness (QED) is 0.583. The van der Waals surface area contributed by atoms with Crippen LogP contribution in [0.15, 0.2) is 18.2 Å². The Morgan fingerprint density at radius 1 is 1.50 bits per heavy atom. The van der Waals surface area contributed by atoms with Crippen molar-refractivity contribution in [3.05, 3.63) is 39.7 Å². The van der Waals surface area contributed by atoms with Gasteiger partial charge < -0.3 is 10.6 Å². The van der Waals surface area contributed by atoms with Gasteiger partial charge in [0.15, 0.2) is 0 Å². The largest absolute Gasteiger partial charge is 0.336 e. The van der Waals surface area contributed by atoms with Gasteiger partial charge in [-0.15, -0.1) is 0 Å². The number of amides is 2. The lowest BCUT2D eigenvalue weighted by atomic mass is 10.1. The number of rotatable bonds is 2. The summed E-state index contributed by atoms with van der Waals surface area (Å²) in [5.74, 6) is -0.570. The van der Waals surface area contributed by atoms with Crippen LogP contribution in [0.1, 0.15) is 11.6 Å². The molecule has 1 atom stereocenters. The average Bonchev–Trinajstić information content (AvgIpc) is 2.65. The second kappa shape index (κ2) is 3.76. The van der Waals surface area contributed by atoms with E-state index in [9.17, 15) is 19.3 Å². The maximum absolute atomic E-state index is 13.4. The summed E-state index contributed by atoms with van der Waals surface area (Å²) in [4.78, 5) is 20.8. The molecule has 84 valence electrons. The maximum Gasteiger partial charge on any atom is 0.315 e. The minimum absolute atomic E-state index is 0.118. The summed E-state index contributed by atoms with van der Waals surface area (Å²) in [5.41, 5.74) is -0.0786. The third-order valence-electron chi connectivity index (χ3n) is 2.34. The lowest BCUT2D eigenvalue weighted by Gasteiger charge is -2.09. The minimum atomic E-state index is -0.604. The zero-order chi connectivity index (χ0) is 11.7. The molecule has 6 nitrogen and oxygen atoms in total. The molecule has 7 heteroatoms. The first-order valence-corrected chi connectivity index (χ1v) is 4.56. The smallest absolute Gasteiger partial charge is 0.315 e. The van der Waals surface area contributed by atoms with Crippen molar-refractivity contribution in [3.63, 3.8) is 0 Å². The number of non-ortho nitro benzene ring substituents is 1. The molecule has 0 aliphatic carbocycles. The molecule has 1 heterocycles. The molecule has 2 rings (SSSR count). The number of nitro groups is 1. The number of urea groups is 1. The van der Waals surface area contributed by atoms with Crippen molar-refractivity contribution in [2.24, 2.45) is 0 Å². The Morgan fingerprint density at radius 2 is 2.25 bits per heavy atom. The molecule has 0 radical (unpaired) electrons. The van der Waals surface area contributed by atoms with Gasteiger partial charge in [0, 0.05) is 24.2 Å². The van der Waals surface area contributed by atoms with E-state index in [1.807, 2.05) is 0 Å². The van der Waals surface area contributed by atoms with Crippen LogP contribution in [-0.2, 0) is 0 Å². The maximum atomic E-state index is 13.4. The number of carbonyl (C=O) groups is 1. The van der Waals surface area contributed by atoms with Crippen LogP contribution >= 0.6 is 0 Å². The zero-order valence-electron chi connectivity index (χ0n) is 8.07. The van der Waals surface area contributed by atoms with Crippen LogP contribution in [0.3, 0.4) is 0 Å². The molecular weight excluding hydrogens is 217 g/mol. The Kier molecular flexibility index (Phi) is 2.43. The van der Waals surface area contributed by atoms with Crippen LogP contribution < -0.4 is 10.6 Å². The zero-order valence-corrected chi connectivity index (χ0v) is 8.07. The van der Waals surface area contributed by atoms with Crippen LogP contribution in [0.2, 0.25) is 0 Å². The van der Waals surface area contributed by atoms with Gasteiger partial charge in [0.25, 0.3) is 5.69 Å². The Balaban J connectivity index is 2.35. The van der Waals surface area contributed by atoms with Crippen LogP contribution in [0, 0.1) is 15.9 Å². The fraction of sp³-hybridized carbons (Fsp3) is 0.222. The highest BCUT2D eigenvalue weighted by atomic mass is 19.1. The highest BCUT2D eigenvalue weighted by Crippen LogP contribution is 2.23. The molecule has 1 aliphatic rings. The van der Waals surface area contributed by atoms with E-state index in [1.54, 1.807) is 0 Å². The van der Waals surface area contributed by atoms with Crippen LogP contribution in [0.25, 0.3) is 0 Å². The molecule has 1 aliphatic heterocycles. The van der Waals surface area contributed by atoms with E-state index in [0.29, 0.717) is 0 Å². The summed E-state index contributed by atoms with van der Waals surface area (Å²) >= 11 is 0. The van der Waals surface area contributed by atoms with E-state index in [-0.39, 0.29) is 17.8 Å². The van der Waals surface area contributed by atoms with E-state index in [0.717, 1.165) is 18.2 Å². The third-order valence-corrected chi connectivity index (χ3v) is 2.34. The summed E-state index contributed by atoms with van der Waals surface area (Å²) in [7, 11) is 0. The fourth-order valence-electron chi connectivity index (χ4n) is 1.55. The SMILES string of the molecule is O=C1NC[C@H](c2cc([N+](=O)[O-])ccc2F)N1. The summed E-state index contributed by atoms with van der Waals surface area (Å²) in [6.45, 7) is 0.219. The second-order valence-corrected chi connectivity index (χ2v) is 3.37. The van der Waals surface area contributed by atoms with Gasteiger partial charge in [0.1, 0.15) is 5.82 Å². The van der Waals surface area contributed by atoms with E-state index in [2.05, 4.69) is 10.6 Å². The van der Waals surface area contributed by atoms with Crippen molar-refractivity contribution in [2.45, 2.75) is 6.04 Å². The van der Waals surface area contributed by atoms with Crippen molar-refractivity contribution in [1.82, 2.24) is 10.6 Å².